The van der Waals surface area contributed by atoms with E-state index in [2.05, 4.69) is 33.0 Å². The lowest BCUT2D eigenvalue weighted by Gasteiger charge is -2.30. The summed E-state index contributed by atoms with van der Waals surface area (Å²) >= 11 is 0. The fourth-order valence-electron chi connectivity index (χ4n) is 2.92. The Kier molecular flexibility index (Phi) is 3.06. The molecule has 2 aliphatic rings. The van der Waals surface area contributed by atoms with Crippen molar-refractivity contribution in [3.8, 4) is 0 Å². The van der Waals surface area contributed by atoms with Gasteiger partial charge in [0.25, 0.3) is 0 Å². The Morgan fingerprint density at radius 2 is 1.94 bits per heavy atom. The van der Waals surface area contributed by atoms with Gasteiger partial charge < -0.3 is 15.2 Å². The number of hydrogen-bond donors (Lipinski definition) is 2. The van der Waals surface area contributed by atoms with Crippen molar-refractivity contribution in [1.82, 2.24) is 5.32 Å². The number of aliphatic hydroxyl groups is 1. The zero-order valence-electron chi connectivity index (χ0n) is 10.9. The number of hydrogen-bond acceptors (Lipinski definition) is 3. The predicted octanol–water partition coefficient (Wildman–Crippen LogP) is 1.69. The molecule has 1 aliphatic heterocycles. The molecule has 0 radical (unpaired) electrons. The highest BCUT2D eigenvalue weighted by Crippen LogP contribution is 2.43. The minimum atomic E-state index is -0.294. The molecular weight excluding hydrogens is 202 g/mol. The maximum Gasteiger partial charge on any atom is 0.0721 e. The molecule has 3 heteroatoms. The molecule has 1 aliphatic carbocycles. The van der Waals surface area contributed by atoms with Crippen molar-refractivity contribution in [2.45, 2.75) is 70.3 Å². The van der Waals surface area contributed by atoms with Crippen LogP contribution in [0.3, 0.4) is 0 Å². The second-order valence-corrected chi connectivity index (χ2v) is 6.53. The van der Waals surface area contributed by atoms with E-state index < -0.39 is 0 Å². The largest absolute Gasteiger partial charge is 0.391 e. The molecule has 1 saturated carbocycles. The van der Waals surface area contributed by atoms with Crippen molar-refractivity contribution in [3.63, 3.8) is 0 Å². The molecule has 16 heavy (non-hydrogen) atoms. The maximum atomic E-state index is 10.3. The molecule has 0 aromatic rings. The minimum absolute atomic E-state index is 0.102. The third-order valence-corrected chi connectivity index (χ3v) is 3.80. The van der Waals surface area contributed by atoms with Gasteiger partial charge in [0.2, 0.25) is 0 Å². The first-order valence-corrected chi connectivity index (χ1v) is 6.42. The van der Waals surface area contributed by atoms with Gasteiger partial charge in [-0.15, -0.1) is 0 Å². The van der Waals surface area contributed by atoms with Gasteiger partial charge in [0, 0.05) is 18.5 Å². The molecule has 1 heterocycles. The standard InChI is InChI=1S/C13H25NO2/c1-12(2)7-10(13(3,4)16-12)11(15)8-14-9-5-6-9/h9-11,14-15H,5-8H2,1-4H3. The van der Waals surface area contributed by atoms with Gasteiger partial charge in [-0.25, -0.2) is 0 Å². The van der Waals surface area contributed by atoms with E-state index in [4.69, 9.17) is 4.74 Å². The molecule has 2 N–H and O–H groups in total. The molecule has 0 spiro atoms. The van der Waals surface area contributed by atoms with Crippen LogP contribution in [0.4, 0.5) is 0 Å². The lowest BCUT2D eigenvalue weighted by Crippen LogP contribution is -2.41. The number of rotatable bonds is 4. The zero-order chi connectivity index (χ0) is 12.0. The fraction of sp³-hybridized carbons (Fsp3) is 1.00. The Balaban J connectivity index is 1.91. The van der Waals surface area contributed by atoms with Gasteiger partial charge in [0.1, 0.15) is 0 Å². The summed E-state index contributed by atoms with van der Waals surface area (Å²) in [5.41, 5.74) is -0.317. The highest BCUT2D eigenvalue weighted by molar-refractivity contribution is 4.98. The third kappa shape index (κ3) is 2.76. The van der Waals surface area contributed by atoms with Crippen molar-refractivity contribution in [3.05, 3.63) is 0 Å². The second kappa shape index (κ2) is 3.97. The van der Waals surface area contributed by atoms with E-state index in [0.717, 1.165) is 6.42 Å². The average molecular weight is 227 g/mol. The average Bonchev–Trinajstić information content (AvgIpc) is 2.88. The van der Waals surface area contributed by atoms with Gasteiger partial charge in [-0.1, -0.05) is 0 Å². The third-order valence-electron chi connectivity index (χ3n) is 3.80. The molecule has 3 nitrogen and oxygen atoms in total. The fourth-order valence-corrected chi connectivity index (χ4v) is 2.92. The van der Waals surface area contributed by atoms with Gasteiger partial charge in [-0.2, -0.15) is 0 Å². The molecule has 1 saturated heterocycles. The van der Waals surface area contributed by atoms with Crippen LogP contribution in [0.25, 0.3) is 0 Å². The van der Waals surface area contributed by atoms with E-state index in [1.165, 1.54) is 12.8 Å². The van der Waals surface area contributed by atoms with E-state index >= 15 is 0 Å². The van der Waals surface area contributed by atoms with Gasteiger partial charge in [-0.3, -0.25) is 0 Å². The molecule has 2 unspecified atom stereocenters. The quantitative estimate of drug-likeness (QED) is 0.768. The molecule has 2 atom stereocenters. The van der Waals surface area contributed by atoms with Gasteiger partial charge in [0.05, 0.1) is 17.3 Å². The summed E-state index contributed by atoms with van der Waals surface area (Å²) in [5.74, 6) is 0.230. The lowest BCUT2D eigenvalue weighted by molar-refractivity contribution is -0.0871. The second-order valence-electron chi connectivity index (χ2n) is 6.53. The molecule has 2 fully saturated rings. The lowest BCUT2D eigenvalue weighted by atomic mass is 9.83. The highest BCUT2D eigenvalue weighted by Gasteiger charge is 2.48. The normalized spacial score (nSPS) is 33.9. The van der Waals surface area contributed by atoms with Gasteiger partial charge in [0.15, 0.2) is 0 Å². The first-order valence-electron chi connectivity index (χ1n) is 6.42. The van der Waals surface area contributed by atoms with E-state index in [9.17, 15) is 5.11 Å². The Labute approximate surface area is 98.6 Å². The molecule has 0 amide bonds. The summed E-state index contributed by atoms with van der Waals surface area (Å²) in [7, 11) is 0. The zero-order valence-corrected chi connectivity index (χ0v) is 10.9. The molecule has 94 valence electrons. The first-order chi connectivity index (χ1) is 7.30. The van der Waals surface area contributed by atoms with Crippen molar-refractivity contribution >= 4 is 0 Å². The summed E-state index contributed by atoms with van der Waals surface area (Å²) < 4.78 is 6.00. The summed E-state index contributed by atoms with van der Waals surface area (Å²) in [4.78, 5) is 0. The van der Waals surface area contributed by atoms with Crippen molar-refractivity contribution in [2.75, 3.05) is 6.54 Å². The van der Waals surface area contributed by atoms with Crippen LogP contribution in [0.1, 0.15) is 47.0 Å². The van der Waals surface area contributed by atoms with Crippen LogP contribution in [0.15, 0.2) is 0 Å². The van der Waals surface area contributed by atoms with Gasteiger partial charge in [-0.05, 0) is 47.0 Å². The molecule has 2 rings (SSSR count). The van der Waals surface area contributed by atoms with Crippen LogP contribution in [-0.4, -0.2) is 35.0 Å². The number of aliphatic hydroxyl groups excluding tert-OH is 1. The van der Waals surface area contributed by atoms with Crippen LogP contribution >= 0.6 is 0 Å². The first kappa shape index (κ1) is 12.3. The van der Waals surface area contributed by atoms with Crippen LogP contribution in [0.5, 0.6) is 0 Å². The van der Waals surface area contributed by atoms with Crippen molar-refractivity contribution < 1.29 is 9.84 Å². The molecule has 0 aromatic carbocycles. The van der Waals surface area contributed by atoms with Crippen LogP contribution in [0, 0.1) is 5.92 Å². The van der Waals surface area contributed by atoms with Gasteiger partial charge >= 0.3 is 0 Å². The Morgan fingerprint density at radius 1 is 1.31 bits per heavy atom. The number of nitrogens with one attached hydrogen (secondary N) is 1. The molecule has 0 aromatic heterocycles. The minimum Gasteiger partial charge on any atom is -0.391 e. The van der Waals surface area contributed by atoms with E-state index in [0.29, 0.717) is 12.6 Å². The van der Waals surface area contributed by atoms with Crippen LogP contribution in [-0.2, 0) is 4.74 Å². The maximum absolute atomic E-state index is 10.3. The summed E-state index contributed by atoms with van der Waals surface area (Å²) in [6.07, 6.45) is 3.18. The van der Waals surface area contributed by atoms with E-state index in [1.807, 2.05) is 0 Å². The SMILES string of the molecule is CC1(C)CC(C(O)CNC2CC2)C(C)(C)O1. The Morgan fingerprint density at radius 3 is 2.38 bits per heavy atom. The summed E-state index contributed by atoms with van der Waals surface area (Å²) in [6, 6.07) is 0.660. The Bertz CT molecular complexity index is 259. The van der Waals surface area contributed by atoms with Crippen molar-refractivity contribution in [1.29, 1.82) is 0 Å². The highest BCUT2D eigenvalue weighted by atomic mass is 16.5. The predicted molar refractivity (Wildman–Crippen MR) is 64.4 cm³/mol. The topological polar surface area (TPSA) is 41.5 Å². The monoisotopic (exact) mass is 227 g/mol. The Hall–Kier alpha value is -0.120. The van der Waals surface area contributed by atoms with E-state index in [1.54, 1.807) is 0 Å². The molecule has 0 bridgehead atoms. The van der Waals surface area contributed by atoms with Crippen LogP contribution < -0.4 is 5.32 Å². The van der Waals surface area contributed by atoms with Crippen LogP contribution in [0.2, 0.25) is 0 Å². The smallest absolute Gasteiger partial charge is 0.0721 e. The summed E-state index contributed by atoms with van der Waals surface area (Å²) in [5, 5.41) is 13.6. The molecular formula is C13H25NO2. The summed E-state index contributed by atoms with van der Waals surface area (Å²) in [6.45, 7) is 9.10. The van der Waals surface area contributed by atoms with E-state index in [-0.39, 0.29) is 23.2 Å². The van der Waals surface area contributed by atoms with Crippen molar-refractivity contribution in [2.24, 2.45) is 5.92 Å². The number of ether oxygens (including phenoxy) is 1.